The number of carbonyl (C=O) groups excluding carboxylic acids is 1. The molecule has 136 valence electrons. The molecule has 3 heteroatoms. The van der Waals surface area contributed by atoms with Gasteiger partial charge in [-0.1, -0.05) is 49.5 Å². The Kier molecular flexibility index (Phi) is 6.69. The van der Waals surface area contributed by atoms with Crippen molar-refractivity contribution in [3.05, 3.63) is 41.5 Å². The van der Waals surface area contributed by atoms with Crippen LogP contribution in [0.2, 0.25) is 0 Å². The summed E-state index contributed by atoms with van der Waals surface area (Å²) in [5, 5.41) is 3.12. The van der Waals surface area contributed by atoms with Crippen LogP contribution in [-0.2, 0) is 11.3 Å². The molecule has 2 saturated carbocycles. The Morgan fingerprint density at radius 2 is 1.76 bits per heavy atom. The third-order valence-corrected chi connectivity index (χ3v) is 5.72. The molecule has 1 N–H and O–H groups in total. The molecule has 0 atom stereocenters. The molecule has 1 aromatic rings. The summed E-state index contributed by atoms with van der Waals surface area (Å²) in [6, 6.07) is 8.93. The first kappa shape index (κ1) is 18.2. The van der Waals surface area contributed by atoms with Gasteiger partial charge < -0.3 is 5.32 Å². The molecule has 0 aliphatic heterocycles. The Labute approximate surface area is 152 Å². The number of para-hydroxylation sites is 1. The fourth-order valence-electron chi connectivity index (χ4n) is 4.20. The topological polar surface area (TPSA) is 32.3 Å². The average Bonchev–Trinajstić information content (AvgIpc) is 2.65. The quantitative estimate of drug-likeness (QED) is 0.740. The highest BCUT2D eigenvalue weighted by molar-refractivity contribution is 6.00. The van der Waals surface area contributed by atoms with E-state index in [0.717, 1.165) is 25.1 Å². The lowest BCUT2D eigenvalue weighted by Gasteiger charge is -2.31. The molecule has 2 aliphatic rings. The highest BCUT2D eigenvalue weighted by atomic mass is 16.1. The second-order valence-electron chi connectivity index (χ2n) is 7.72. The number of hydrogen-bond acceptors (Lipinski definition) is 2. The number of nitrogens with one attached hydrogen (secondary N) is 1. The van der Waals surface area contributed by atoms with E-state index >= 15 is 0 Å². The van der Waals surface area contributed by atoms with E-state index in [1.807, 2.05) is 18.2 Å². The Morgan fingerprint density at radius 1 is 1.08 bits per heavy atom. The van der Waals surface area contributed by atoms with Crippen LogP contribution in [0.15, 0.2) is 35.9 Å². The van der Waals surface area contributed by atoms with Gasteiger partial charge in [-0.15, -0.1) is 0 Å². The molecule has 1 aromatic carbocycles. The van der Waals surface area contributed by atoms with Gasteiger partial charge in [-0.2, -0.15) is 0 Å². The van der Waals surface area contributed by atoms with Gasteiger partial charge in [0.25, 0.3) is 0 Å². The van der Waals surface area contributed by atoms with E-state index in [2.05, 4.69) is 29.4 Å². The van der Waals surface area contributed by atoms with E-state index < -0.39 is 0 Å². The fourth-order valence-corrected chi connectivity index (χ4v) is 4.20. The van der Waals surface area contributed by atoms with E-state index in [1.165, 1.54) is 62.5 Å². The zero-order valence-corrected chi connectivity index (χ0v) is 15.6. The second kappa shape index (κ2) is 9.19. The summed E-state index contributed by atoms with van der Waals surface area (Å²) in [5.41, 5.74) is 3.48. The van der Waals surface area contributed by atoms with Gasteiger partial charge in [0.05, 0.1) is 0 Å². The number of carbonyl (C=O) groups is 1. The lowest BCUT2D eigenvalue weighted by molar-refractivity contribution is -0.112. The number of benzene rings is 1. The van der Waals surface area contributed by atoms with Gasteiger partial charge in [0.2, 0.25) is 5.91 Å². The molecule has 0 bridgehead atoms. The highest BCUT2D eigenvalue weighted by Crippen LogP contribution is 2.26. The van der Waals surface area contributed by atoms with Gasteiger partial charge in [0.1, 0.15) is 0 Å². The van der Waals surface area contributed by atoms with Crippen molar-refractivity contribution in [3.8, 4) is 0 Å². The number of amides is 1. The summed E-state index contributed by atoms with van der Waals surface area (Å²) in [5.74, 6) is 0.0321. The molecule has 25 heavy (non-hydrogen) atoms. The zero-order chi connectivity index (χ0) is 17.5. The van der Waals surface area contributed by atoms with Crippen LogP contribution in [0.5, 0.6) is 0 Å². The van der Waals surface area contributed by atoms with Crippen LogP contribution < -0.4 is 5.32 Å². The molecule has 0 unspecified atom stereocenters. The molecule has 3 rings (SSSR count). The summed E-state index contributed by atoms with van der Waals surface area (Å²) in [6.45, 7) is 0.900. The summed E-state index contributed by atoms with van der Waals surface area (Å²) in [6.07, 6.45) is 14.4. The first-order valence-electron chi connectivity index (χ1n) is 10.0. The van der Waals surface area contributed by atoms with Crippen molar-refractivity contribution in [2.45, 2.75) is 76.8 Å². The molecule has 2 fully saturated rings. The number of anilines is 1. The predicted octanol–water partition coefficient (Wildman–Crippen LogP) is 5.28. The molecular formula is C22H32N2O. The SMILES string of the molecule is CN(Cc1ccccc1NC(=O)C=C1CCCCC1)C1CCCCC1. The molecule has 0 heterocycles. The summed E-state index contributed by atoms with van der Waals surface area (Å²) < 4.78 is 0. The maximum absolute atomic E-state index is 12.4. The van der Waals surface area contributed by atoms with Crippen molar-refractivity contribution < 1.29 is 4.79 Å². The largest absolute Gasteiger partial charge is 0.322 e. The van der Waals surface area contributed by atoms with Crippen LogP contribution in [0, 0.1) is 0 Å². The van der Waals surface area contributed by atoms with E-state index in [-0.39, 0.29) is 5.91 Å². The smallest absolute Gasteiger partial charge is 0.248 e. The molecule has 0 radical (unpaired) electrons. The van der Waals surface area contributed by atoms with Gasteiger partial charge in [0.15, 0.2) is 0 Å². The highest BCUT2D eigenvalue weighted by Gasteiger charge is 2.19. The third-order valence-electron chi connectivity index (χ3n) is 5.72. The molecule has 1 amide bonds. The molecule has 0 spiro atoms. The maximum atomic E-state index is 12.4. The molecular weight excluding hydrogens is 308 g/mol. The summed E-state index contributed by atoms with van der Waals surface area (Å²) in [4.78, 5) is 14.9. The van der Waals surface area contributed by atoms with Gasteiger partial charge in [-0.05, 0) is 57.2 Å². The Hall–Kier alpha value is -1.61. The van der Waals surface area contributed by atoms with Crippen molar-refractivity contribution in [1.29, 1.82) is 0 Å². The van der Waals surface area contributed by atoms with Crippen LogP contribution in [0.25, 0.3) is 0 Å². The number of rotatable bonds is 5. The number of allylic oxidation sites excluding steroid dienone is 1. The van der Waals surface area contributed by atoms with Crippen LogP contribution in [0.3, 0.4) is 0 Å². The third kappa shape index (κ3) is 5.43. The Morgan fingerprint density at radius 3 is 2.52 bits per heavy atom. The van der Waals surface area contributed by atoms with Gasteiger partial charge in [-0.3, -0.25) is 9.69 Å². The minimum absolute atomic E-state index is 0.0321. The summed E-state index contributed by atoms with van der Waals surface area (Å²) >= 11 is 0. The second-order valence-corrected chi connectivity index (χ2v) is 7.72. The van der Waals surface area contributed by atoms with Crippen LogP contribution >= 0.6 is 0 Å². The zero-order valence-electron chi connectivity index (χ0n) is 15.6. The molecule has 2 aliphatic carbocycles. The minimum atomic E-state index is 0.0321. The van der Waals surface area contributed by atoms with E-state index in [1.54, 1.807) is 0 Å². The van der Waals surface area contributed by atoms with E-state index in [4.69, 9.17) is 0 Å². The Balaban J connectivity index is 1.62. The molecule has 0 aromatic heterocycles. The average molecular weight is 341 g/mol. The van der Waals surface area contributed by atoms with Crippen LogP contribution in [-0.4, -0.2) is 23.9 Å². The lowest BCUT2D eigenvalue weighted by Crippen LogP contribution is -2.33. The van der Waals surface area contributed by atoms with Crippen molar-refractivity contribution in [3.63, 3.8) is 0 Å². The molecule has 3 nitrogen and oxygen atoms in total. The normalized spacial score (nSPS) is 19.0. The Bertz CT molecular complexity index is 594. The minimum Gasteiger partial charge on any atom is -0.322 e. The number of hydrogen-bond donors (Lipinski definition) is 1. The first-order valence-corrected chi connectivity index (χ1v) is 10.0. The fraction of sp³-hybridized carbons (Fsp3) is 0.591. The monoisotopic (exact) mass is 340 g/mol. The van der Waals surface area contributed by atoms with Gasteiger partial charge >= 0.3 is 0 Å². The van der Waals surface area contributed by atoms with Gasteiger partial charge in [0, 0.05) is 24.4 Å². The van der Waals surface area contributed by atoms with Crippen LogP contribution in [0.4, 0.5) is 5.69 Å². The first-order chi connectivity index (χ1) is 12.2. The molecule has 0 saturated heterocycles. The van der Waals surface area contributed by atoms with E-state index in [9.17, 15) is 4.79 Å². The van der Waals surface area contributed by atoms with Crippen molar-refractivity contribution in [2.24, 2.45) is 0 Å². The van der Waals surface area contributed by atoms with Crippen molar-refractivity contribution >= 4 is 11.6 Å². The standard InChI is InChI=1S/C22H32N2O/c1-24(20-13-6-3-7-14-20)17-19-12-8-9-15-21(19)23-22(25)16-18-10-4-2-5-11-18/h8-9,12,15-16,20H,2-7,10-11,13-14,17H2,1H3,(H,23,25). The van der Waals surface area contributed by atoms with Gasteiger partial charge in [-0.25, -0.2) is 0 Å². The van der Waals surface area contributed by atoms with Crippen LogP contribution in [0.1, 0.15) is 69.8 Å². The maximum Gasteiger partial charge on any atom is 0.248 e. The van der Waals surface area contributed by atoms with Crippen molar-refractivity contribution in [2.75, 3.05) is 12.4 Å². The van der Waals surface area contributed by atoms with Crippen molar-refractivity contribution in [1.82, 2.24) is 4.90 Å². The lowest BCUT2D eigenvalue weighted by atomic mass is 9.94. The van der Waals surface area contributed by atoms with E-state index in [0.29, 0.717) is 6.04 Å². The predicted molar refractivity (Wildman–Crippen MR) is 105 cm³/mol. The number of nitrogens with zero attached hydrogens (tertiary/aromatic N) is 1. The summed E-state index contributed by atoms with van der Waals surface area (Å²) in [7, 11) is 2.22.